The van der Waals surface area contributed by atoms with Crippen molar-refractivity contribution in [2.24, 2.45) is 0 Å². The maximum Gasteiger partial charge on any atom is 0.410 e. The Morgan fingerprint density at radius 2 is 2.16 bits per heavy atom. The van der Waals surface area contributed by atoms with Gasteiger partial charge in [-0.05, 0) is 42.8 Å². The second kappa shape index (κ2) is 6.99. The summed E-state index contributed by atoms with van der Waals surface area (Å²) < 4.78 is 6.43. The predicted molar refractivity (Wildman–Crippen MR) is 100 cm³/mol. The molecule has 138 valence electrons. The van der Waals surface area contributed by atoms with Crippen LogP contribution >= 0.6 is 15.9 Å². The van der Waals surface area contributed by atoms with Gasteiger partial charge < -0.3 is 24.5 Å². The number of hydrogen-bond acceptors (Lipinski definition) is 6. The lowest BCUT2D eigenvalue weighted by Crippen LogP contribution is -2.61. The Labute approximate surface area is 156 Å². The molecule has 0 aromatic carbocycles. The Kier molecular flexibility index (Phi) is 5.11. The van der Waals surface area contributed by atoms with Crippen molar-refractivity contribution >= 4 is 33.5 Å². The molecule has 1 saturated heterocycles. The lowest BCUT2D eigenvalue weighted by molar-refractivity contribution is 0.0214. The van der Waals surface area contributed by atoms with E-state index in [9.17, 15) is 9.90 Å². The number of piperazine rings is 1. The topological polar surface area (TPSA) is 69.1 Å². The number of pyridine rings is 1. The molecular weight excluding hydrogens is 388 g/mol. The Hall–Kier alpha value is -1.54. The summed E-state index contributed by atoms with van der Waals surface area (Å²) in [6, 6.07) is 2.17. The van der Waals surface area contributed by atoms with Gasteiger partial charge in [-0.1, -0.05) is 0 Å². The fourth-order valence-corrected chi connectivity index (χ4v) is 3.66. The Morgan fingerprint density at radius 3 is 2.84 bits per heavy atom. The number of ether oxygens (including phenoxy) is 1. The molecule has 1 aromatic heterocycles. The van der Waals surface area contributed by atoms with Crippen LogP contribution in [0.2, 0.25) is 0 Å². The lowest BCUT2D eigenvalue weighted by Gasteiger charge is -2.48. The van der Waals surface area contributed by atoms with Gasteiger partial charge in [0.15, 0.2) is 5.82 Å². The minimum Gasteiger partial charge on any atom is -0.444 e. The number of aliphatic hydroxyl groups excluding tert-OH is 1. The summed E-state index contributed by atoms with van der Waals surface area (Å²) in [7, 11) is 0. The summed E-state index contributed by atoms with van der Waals surface area (Å²) in [5.74, 6) is 0.914. The van der Waals surface area contributed by atoms with Crippen molar-refractivity contribution in [3.05, 3.63) is 16.7 Å². The van der Waals surface area contributed by atoms with Gasteiger partial charge in [0, 0.05) is 43.4 Å². The summed E-state index contributed by atoms with van der Waals surface area (Å²) in [4.78, 5) is 23.1. The van der Waals surface area contributed by atoms with Gasteiger partial charge >= 0.3 is 6.09 Å². The molecule has 1 fully saturated rings. The van der Waals surface area contributed by atoms with Crippen LogP contribution in [0.3, 0.4) is 0 Å². The molecule has 1 unspecified atom stereocenters. The average Bonchev–Trinajstić information content (AvgIpc) is 2.53. The van der Waals surface area contributed by atoms with E-state index in [1.165, 1.54) is 0 Å². The fraction of sp³-hybridized carbons (Fsp3) is 0.647. The maximum atomic E-state index is 12.4. The maximum absolute atomic E-state index is 12.4. The van der Waals surface area contributed by atoms with Gasteiger partial charge in [-0.2, -0.15) is 0 Å². The number of nitrogens with zero attached hydrogens (tertiary/aromatic N) is 4. The molecule has 0 aliphatic carbocycles. The van der Waals surface area contributed by atoms with Crippen LogP contribution in [-0.4, -0.2) is 72.1 Å². The zero-order valence-electron chi connectivity index (χ0n) is 14.9. The highest BCUT2D eigenvalue weighted by Gasteiger charge is 2.38. The second-order valence-corrected chi connectivity index (χ2v) is 8.36. The first kappa shape index (κ1) is 18.3. The number of carbonyl (C=O) groups is 1. The molecule has 2 aliphatic rings. The van der Waals surface area contributed by atoms with Gasteiger partial charge in [0.05, 0.1) is 18.3 Å². The van der Waals surface area contributed by atoms with Crippen LogP contribution in [0.25, 0.3) is 0 Å². The van der Waals surface area contributed by atoms with Crippen LogP contribution in [0, 0.1) is 0 Å². The number of aliphatic hydroxyl groups is 1. The van der Waals surface area contributed by atoms with Crippen LogP contribution in [0.1, 0.15) is 20.8 Å². The molecule has 8 heteroatoms. The second-order valence-electron chi connectivity index (χ2n) is 7.44. The van der Waals surface area contributed by atoms with E-state index in [4.69, 9.17) is 4.74 Å². The van der Waals surface area contributed by atoms with E-state index in [0.717, 1.165) is 29.1 Å². The normalized spacial score (nSPS) is 20.2. The minimum absolute atomic E-state index is 0.0778. The Morgan fingerprint density at radius 1 is 1.40 bits per heavy atom. The summed E-state index contributed by atoms with van der Waals surface area (Å²) in [6.45, 7) is 8.92. The molecule has 3 heterocycles. The lowest BCUT2D eigenvalue weighted by atomic mass is 10.1. The minimum atomic E-state index is -0.496. The highest BCUT2D eigenvalue weighted by Crippen LogP contribution is 2.36. The SMILES string of the molecule is CC(C)(C)OC(=O)N1CCN2c3ncc(Br)cc3N(CCO)CC2C1. The number of carbonyl (C=O) groups excluding carboxylic acids is 1. The highest BCUT2D eigenvalue weighted by molar-refractivity contribution is 9.10. The van der Waals surface area contributed by atoms with Gasteiger partial charge in [-0.15, -0.1) is 0 Å². The van der Waals surface area contributed by atoms with Gasteiger partial charge in [-0.3, -0.25) is 0 Å². The van der Waals surface area contributed by atoms with Crippen LogP contribution < -0.4 is 9.80 Å². The number of aromatic nitrogens is 1. The molecule has 3 rings (SSSR count). The third-order valence-electron chi connectivity index (χ3n) is 4.36. The number of rotatable bonds is 2. The molecule has 0 saturated carbocycles. The van der Waals surface area contributed by atoms with E-state index in [2.05, 4.69) is 30.7 Å². The first-order valence-electron chi connectivity index (χ1n) is 8.54. The van der Waals surface area contributed by atoms with E-state index < -0.39 is 5.60 Å². The van der Waals surface area contributed by atoms with E-state index >= 15 is 0 Å². The van der Waals surface area contributed by atoms with Crippen LogP contribution in [-0.2, 0) is 4.74 Å². The van der Waals surface area contributed by atoms with Gasteiger partial charge in [0.1, 0.15) is 5.60 Å². The van der Waals surface area contributed by atoms with Crippen molar-refractivity contribution in [3.8, 4) is 0 Å². The third-order valence-corrected chi connectivity index (χ3v) is 4.80. The molecule has 1 aromatic rings. The van der Waals surface area contributed by atoms with E-state index in [0.29, 0.717) is 19.6 Å². The van der Waals surface area contributed by atoms with Crippen molar-refractivity contribution in [2.75, 3.05) is 49.1 Å². The van der Waals surface area contributed by atoms with Gasteiger partial charge in [0.2, 0.25) is 0 Å². The van der Waals surface area contributed by atoms with E-state index in [1.807, 2.05) is 26.8 Å². The smallest absolute Gasteiger partial charge is 0.410 e. The zero-order valence-corrected chi connectivity index (χ0v) is 16.5. The largest absolute Gasteiger partial charge is 0.444 e. The molecule has 2 aliphatic heterocycles. The first-order chi connectivity index (χ1) is 11.8. The number of amides is 1. The third kappa shape index (κ3) is 4.00. The van der Waals surface area contributed by atoms with Crippen molar-refractivity contribution in [1.29, 1.82) is 0 Å². The number of hydrogen-bond donors (Lipinski definition) is 1. The van der Waals surface area contributed by atoms with Crippen molar-refractivity contribution in [2.45, 2.75) is 32.4 Å². The van der Waals surface area contributed by atoms with E-state index in [1.54, 1.807) is 11.1 Å². The van der Waals surface area contributed by atoms with Crippen molar-refractivity contribution in [3.63, 3.8) is 0 Å². The molecule has 0 bridgehead atoms. The monoisotopic (exact) mass is 412 g/mol. The van der Waals surface area contributed by atoms with Crippen molar-refractivity contribution < 1.29 is 14.6 Å². The van der Waals surface area contributed by atoms with Gasteiger partial charge in [-0.25, -0.2) is 9.78 Å². The number of β-amino-alcohol motifs (C(OH)–C–C–N with tert-alkyl or cyclic N) is 1. The quantitative estimate of drug-likeness (QED) is 0.801. The van der Waals surface area contributed by atoms with Crippen molar-refractivity contribution in [1.82, 2.24) is 9.88 Å². The molecule has 0 spiro atoms. The van der Waals surface area contributed by atoms with Crippen LogP contribution in [0.15, 0.2) is 16.7 Å². The molecule has 7 nitrogen and oxygen atoms in total. The Bertz CT molecular complexity index is 649. The average molecular weight is 413 g/mol. The molecule has 1 N–H and O–H groups in total. The number of halogens is 1. The standard InChI is InChI=1S/C17H25BrN4O3/c1-17(2,3)25-16(24)21-4-5-22-13(11-21)10-20(6-7-23)14-8-12(18)9-19-15(14)22/h8-9,13,23H,4-7,10-11H2,1-3H3. The summed E-state index contributed by atoms with van der Waals surface area (Å²) in [5, 5.41) is 9.41. The summed E-state index contributed by atoms with van der Waals surface area (Å²) >= 11 is 3.47. The molecular formula is C17H25BrN4O3. The molecule has 1 atom stereocenters. The molecule has 0 radical (unpaired) electrons. The highest BCUT2D eigenvalue weighted by atomic mass is 79.9. The first-order valence-corrected chi connectivity index (χ1v) is 9.34. The predicted octanol–water partition coefficient (Wildman–Crippen LogP) is 2.08. The number of anilines is 2. The van der Waals surface area contributed by atoms with Crippen LogP contribution in [0.4, 0.5) is 16.3 Å². The Balaban J connectivity index is 1.80. The zero-order chi connectivity index (χ0) is 18.2. The molecule has 1 amide bonds. The fourth-order valence-electron chi connectivity index (χ4n) is 3.34. The summed E-state index contributed by atoms with van der Waals surface area (Å²) in [6.07, 6.45) is 1.52. The summed E-state index contributed by atoms with van der Waals surface area (Å²) in [5.41, 5.74) is 0.523. The molecule has 25 heavy (non-hydrogen) atoms. The number of fused-ring (bicyclic) bond motifs is 3. The van der Waals surface area contributed by atoms with E-state index in [-0.39, 0.29) is 18.7 Å². The van der Waals surface area contributed by atoms with Crippen LogP contribution in [0.5, 0.6) is 0 Å². The van der Waals surface area contributed by atoms with Gasteiger partial charge in [0.25, 0.3) is 0 Å².